The summed E-state index contributed by atoms with van der Waals surface area (Å²) in [6.45, 7) is 9.64. The number of hydrogen-bond donors (Lipinski definition) is 0. The Morgan fingerprint density at radius 2 is 0.484 bits per heavy atom. The van der Waals surface area contributed by atoms with Gasteiger partial charge in [-0.3, -0.25) is 0 Å². The van der Waals surface area contributed by atoms with E-state index in [2.05, 4.69) is 499 Å². The van der Waals surface area contributed by atoms with Crippen molar-refractivity contribution in [1.82, 2.24) is 0 Å². The molecular weight excluding hydrogens is 1490 g/mol. The molecular formula is C122H88N2. The van der Waals surface area contributed by atoms with Gasteiger partial charge in [0, 0.05) is 44.7 Å². The monoisotopic (exact) mass is 1580 g/mol. The Kier molecular flexibility index (Phi) is 18.7. The van der Waals surface area contributed by atoms with Gasteiger partial charge in [0.1, 0.15) is 0 Å². The van der Waals surface area contributed by atoms with E-state index in [0.717, 1.165) is 101 Å². The van der Waals surface area contributed by atoms with Crippen molar-refractivity contribution in [3.05, 3.63) is 483 Å². The molecule has 0 saturated carbocycles. The molecule has 586 valence electrons. The van der Waals surface area contributed by atoms with Gasteiger partial charge in [0.05, 0.1) is 11.4 Å². The van der Waals surface area contributed by atoms with E-state index in [4.69, 9.17) is 0 Å². The van der Waals surface area contributed by atoms with Crippen molar-refractivity contribution >= 4 is 55.7 Å². The molecule has 0 fully saturated rings. The van der Waals surface area contributed by atoms with Gasteiger partial charge in [0.15, 0.2) is 0 Å². The van der Waals surface area contributed by atoms with Crippen LogP contribution in [0.25, 0.3) is 166 Å². The molecule has 0 aliphatic heterocycles. The van der Waals surface area contributed by atoms with Crippen LogP contribution in [0, 0.1) is 0 Å². The van der Waals surface area contributed by atoms with Gasteiger partial charge in [-0.2, -0.15) is 0 Å². The van der Waals surface area contributed by atoms with E-state index in [1.54, 1.807) is 0 Å². The van der Waals surface area contributed by atoms with Gasteiger partial charge < -0.3 is 9.80 Å². The fourth-order valence-corrected chi connectivity index (χ4v) is 20.5. The maximum atomic E-state index is 2.49. The van der Waals surface area contributed by atoms with E-state index < -0.39 is 0 Å². The molecule has 0 spiro atoms. The zero-order chi connectivity index (χ0) is 83.0. The highest BCUT2D eigenvalue weighted by molar-refractivity contribution is 6.17. The van der Waals surface area contributed by atoms with Gasteiger partial charge in [-0.05, 0) is 250 Å². The average molecular weight is 1580 g/mol. The van der Waals surface area contributed by atoms with Crippen LogP contribution in [-0.2, 0) is 10.8 Å². The third-order valence-corrected chi connectivity index (χ3v) is 26.3. The van der Waals surface area contributed by atoms with Crippen LogP contribution in [0.4, 0.5) is 34.1 Å². The summed E-state index contributed by atoms with van der Waals surface area (Å²) in [6, 6.07) is 171. The van der Waals surface area contributed by atoms with Gasteiger partial charge in [0.2, 0.25) is 0 Å². The maximum Gasteiger partial charge on any atom is 0.0546 e. The zero-order valence-corrected chi connectivity index (χ0v) is 69.8. The van der Waals surface area contributed by atoms with Crippen molar-refractivity contribution in [1.29, 1.82) is 0 Å². The summed E-state index contributed by atoms with van der Waals surface area (Å²) in [5.74, 6) is 0. The van der Waals surface area contributed by atoms with Crippen LogP contribution in [0.15, 0.2) is 461 Å². The molecule has 2 nitrogen and oxygen atoms in total. The molecule has 22 rings (SSSR count). The van der Waals surface area contributed by atoms with Crippen LogP contribution in [0.5, 0.6) is 0 Å². The summed E-state index contributed by atoms with van der Waals surface area (Å²) in [5, 5.41) is 4.86. The number of benzene rings is 20. The zero-order valence-electron chi connectivity index (χ0n) is 69.8. The van der Waals surface area contributed by atoms with Gasteiger partial charge in [-0.25, -0.2) is 0 Å². The standard InChI is InChI=1S/C122H88N2/c1-121(2)112-55-28-26-47-104(112)108-54-30-53-101(119(108)121)88-63-72-94(73-64-88)124(115-58-32-52-100(87-41-18-9-19-42-87)117(115)106-49-25-23-45-97(106)85-37-14-7-15-38-85)93-70-61-83(62-71-93)90-67-76-103-98-46-21-20-43-91(98)80-111(110(103)79-90)107-78-77-102(120-118(107)109-50-27-29-56-113(109)122(120,3)4)89-65-74-95(75-66-89)123(92-68-59-82(60-69-92)81-33-10-5-11-34-81)114-57-31-51-99(86-39-16-8-17-40-86)116(114)105-48-24-22-44-96(105)84-35-12-6-13-36-84/h5-80H,1-4H3. The van der Waals surface area contributed by atoms with Crippen molar-refractivity contribution in [2.45, 2.75) is 38.5 Å². The van der Waals surface area contributed by atoms with E-state index in [0.29, 0.717) is 0 Å². The van der Waals surface area contributed by atoms with E-state index in [1.807, 2.05) is 0 Å². The van der Waals surface area contributed by atoms with E-state index in [9.17, 15) is 0 Å². The Bertz CT molecular complexity index is 7460. The minimum absolute atomic E-state index is 0.174. The number of fused-ring (bicyclic) bond motifs is 9. The minimum Gasteiger partial charge on any atom is -0.310 e. The van der Waals surface area contributed by atoms with E-state index in [-0.39, 0.29) is 10.8 Å². The van der Waals surface area contributed by atoms with Gasteiger partial charge in [-0.15, -0.1) is 0 Å². The molecule has 0 heterocycles. The molecule has 20 aromatic rings. The quantitative estimate of drug-likeness (QED) is 0.0839. The molecule has 0 N–H and O–H groups in total. The van der Waals surface area contributed by atoms with Crippen molar-refractivity contribution in [3.63, 3.8) is 0 Å². The first-order valence-corrected chi connectivity index (χ1v) is 43.3. The molecule has 0 bridgehead atoms. The Hall–Kier alpha value is -15.5. The lowest BCUT2D eigenvalue weighted by Crippen LogP contribution is -2.16. The molecule has 0 atom stereocenters. The van der Waals surface area contributed by atoms with Gasteiger partial charge in [-0.1, -0.05) is 416 Å². The molecule has 0 radical (unpaired) electrons. The molecule has 0 unspecified atom stereocenters. The Morgan fingerprint density at radius 1 is 0.161 bits per heavy atom. The summed E-state index contributed by atoms with van der Waals surface area (Å²) < 4.78 is 0. The highest BCUT2D eigenvalue weighted by Gasteiger charge is 2.41. The summed E-state index contributed by atoms with van der Waals surface area (Å²) in [7, 11) is 0. The van der Waals surface area contributed by atoms with Gasteiger partial charge in [0.25, 0.3) is 0 Å². The summed E-state index contributed by atoms with van der Waals surface area (Å²) in [5.41, 5.74) is 42.2. The lowest BCUT2D eigenvalue weighted by Gasteiger charge is -2.30. The summed E-state index contributed by atoms with van der Waals surface area (Å²) >= 11 is 0. The predicted octanol–water partition coefficient (Wildman–Crippen LogP) is 33.9. The second-order valence-corrected chi connectivity index (χ2v) is 34.1. The predicted molar refractivity (Wildman–Crippen MR) is 526 cm³/mol. The Balaban J connectivity index is 0.683. The van der Waals surface area contributed by atoms with E-state index in [1.165, 1.54) is 122 Å². The molecule has 2 aliphatic carbocycles. The fraction of sp³-hybridized carbons (Fsp3) is 0.0492. The van der Waals surface area contributed by atoms with Crippen LogP contribution >= 0.6 is 0 Å². The molecule has 124 heavy (non-hydrogen) atoms. The molecule has 0 amide bonds. The Labute approximate surface area is 726 Å². The summed E-state index contributed by atoms with van der Waals surface area (Å²) in [4.78, 5) is 4.96. The minimum atomic E-state index is -0.363. The van der Waals surface area contributed by atoms with Crippen molar-refractivity contribution in [3.8, 4) is 145 Å². The maximum absolute atomic E-state index is 2.49. The molecule has 2 heteroatoms. The third-order valence-electron chi connectivity index (χ3n) is 26.3. The number of nitrogens with zero attached hydrogens (tertiary/aromatic N) is 2. The fourth-order valence-electron chi connectivity index (χ4n) is 20.5. The van der Waals surface area contributed by atoms with Crippen LogP contribution < -0.4 is 9.80 Å². The third kappa shape index (κ3) is 12.9. The SMILES string of the molecule is CC1(C)c2ccccc2-c2cccc(-c3ccc(N(c4ccc(-c5ccc6c(c5)c(-c5ccc(-c7ccc(N(c8ccc(-c9ccccc9)cc8)c8cccc(-c9ccccc9)c8-c8ccccc8-c8ccccc8)cc7)c7c5-c5ccccc5C7(C)C)cc5ccccc56)cc4)c4cccc(-c5ccccc5)c4-c4ccccc4-c4ccccc4)cc3)c21. The topological polar surface area (TPSA) is 6.48 Å². The average Bonchev–Trinajstić information content (AvgIpc) is 1.50. The van der Waals surface area contributed by atoms with Crippen LogP contribution in [0.3, 0.4) is 0 Å². The first kappa shape index (κ1) is 74.8. The highest BCUT2D eigenvalue weighted by atomic mass is 15.2. The van der Waals surface area contributed by atoms with E-state index >= 15 is 0 Å². The van der Waals surface area contributed by atoms with Crippen LogP contribution in [-0.4, -0.2) is 0 Å². The van der Waals surface area contributed by atoms with Gasteiger partial charge >= 0.3 is 0 Å². The smallest absolute Gasteiger partial charge is 0.0546 e. The van der Waals surface area contributed by atoms with Crippen LogP contribution in [0.2, 0.25) is 0 Å². The van der Waals surface area contributed by atoms with Crippen molar-refractivity contribution < 1.29 is 0 Å². The molecule has 0 saturated heterocycles. The lowest BCUT2D eigenvalue weighted by molar-refractivity contribution is 0.662. The first-order chi connectivity index (χ1) is 61.1. The number of anilines is 6. The second-order valence-electron chi connectivity index (χ2n) is 34.1. The summed E-state index contributed by atoms with van der Waals surface area (Å²) in [6.07, 6.45) is 0. The molecule has 2 aliphatic rings. The largest absolute Gasteiger partial charge is 0.310 e. The number of rotatable bonds is 17. The Morgan fingerprint density at radius 3 is 0.984 bits per heavy atom. The van der Waals surface area contributed by atoms with Crippen molar-refractivity contribution in [2.75, 3.05) is 9.80 Å². The number of hydrogen-bond acceptors (Lipinski definition) is 2. The second kappa shape index (κ2) is 31.0. The highest BCUT2D eigenvalue weighted by Crippen LogP contribution is 2.59. The first-order valence-electron chi connectivity index (χ1n) is 43.3. The molecule has 20 aromatic carbocycles. The lowest BCUT2D eigenvalue weighted by atomic mass is 9.77. The van der Waals surface area contributed by atoms with Crippen LogP contribution in [0.1, 0.15) is 49.9 Å². The molecule has 0 aromatic heterocycles. The normalized spacial score (nSPS) is 12.6. The van der Waals surface area contributed by atoms with Crippen molar-refractivity contribution in [2.24, 2.45) is 0 Å².